The number of hydrogen-bond acceptors (Lipinski definition) is 5. The molecule has 0 aromatic heterocycles. The van der Waals surface area contributed by atoms with E-state index in [2.05, 4.69) is 14.9 Å². The van der Waals surface area contributed by atoms with Crippen molar-refractivity contribution in [3.8, 4) is 5.75 Å². The molecule has 3 fully saturated rings. The summed E-state index contributed by atoms with van der Waals surface area (Å²) in [7, 11) is 0. The highest BCUT2D eigenvalue weighted by Crippen LogP contribution is 2.41. The molecule has 3 aliphatic rings. The second-order valence-electron chi connectivity index (χ2n) is 8.15. The number of ether oxygens (including phenoxy) is 3. The maximum absolute atomic E-state index is 13.3. The van der Waals surface area contributed by atoms with Gasteiger partial charge in [0, 0.05) is 35.4 Å². The Hall–Kier alpha value is -2.28. The quantitative estimate of drug-likeness (QED) is 0.392. The monoisotopic (exact) mass is 400 g/mol. The van der Waals surface area contributed by atoms with Crippen LogP contribution in [0.5, 0.6) is 5.75 Å². The van der Waals surface area contributed by atoms with Crippen LogP contribution in [-0.4, -0.2) is 54.5 Å². The molecule has 156 valence electrons. The number of nitrogens with zero attached hydrogens (tertiary/aromatic N) is 4. The minimum atomic E-state index is -0.403. The van der Waals surface area contributed by atoms with Crippen LogP contribution in [0.2, 0.25) is 0 Å². The van der Waals surface area contributed by atoms with Gasteiger partial charge in [0.2, 0.25) is 0 Å². The minimum absolute atomic E-state index is 0.0930. The van der Waals surface area contributed by atoms with E-state index >= 15 is 0 Å². The highest BCUT2D eigenvalue weighted by Gasteiger charge is 2.45. The molecular weight excluding hydrogens is 372 g/mol. The van der Waals surface area contributed by atoms with Gasteiger partial charge in [-0.05, 0) is 62.4 Å². The van der Waals surface area contributed by atoms with Gasteiger partial charge in [0.1, 0.15) is 11.9 Å². The molecule has 1 spiro atoms. The third kappa shape index (κ3) is 4.66. The van der Waals surface area contributed by atoms with E-state index in [9.17, 15) is 4.79 Å². The average molecular weight is 400 g/mol. The molecule has 1 atom stereocenters. The zero-order valence-electron chi connectivity index (χ0n) is 16.8. The number of carbonyl (C=O) groups excluding carboxylic acids is 1. The molecule has 1 aromatic carbocycles. The van der Waals surface area contributed by atoms with Crippen molar-refractivity contribution < 1.29 is 19.0 Å². The maximum atomic E-state index is 13.3. The summed E-state index contributed by atoms with van der Waals surface area (Å²) < 4.78 is 17.4. The first kappa shape index (κ1) is 20.0. The van der Waals surface area contributed by atoms with Gasteiger partial charge in [-0.3, -0.25) is 4.79 Å². The van der Waals surface area contributed by atoms with E-state index in [0.717, 1.165) is 38.5 Å². The van der Waals surface area contributed by atoms with Crippen LogP contribution in [0.4, 0.5) is 0 Å². The van der Waals surface area contributed by atoms with E-state index < -0.39 is 5.79 Å². The van der Waals surface area contributed by atoms with Crippen LogP contribution in [0.1, 0.15) is 55.8 Å². The lowest BCUT2D eigenvalue weighted by molar-refractivity contribution is -0.183. The van der Waals surface area contributed by atoms with Gasteiger partial charge in [-0.25, -0.2) is 0 Å². The van der Waals surface area contributed by atoms with Gasteiger partial charge < -0.3 is 19.1 Å². The first-order chi connectivity index (χ1) is 14.1. The predicted molar refractivity (Wildman–Crippen MR) is 107 cm³/mol. The molecule has 1 amide bonds. The van der Waals surface area contributed by atoms with Crippen LogP contribution in [0.25, 0.3) is 10.4 Å². The van der Waals surface area contributed by atoms with Crippen molar-refractivity contribution in [2.45, 2.75) is 69.4 Å². The topological polar surface area (TPSA) is 96.8 Å². The van der Waals surface area contributed by atoms with Crippen molar-refractivity contribution in [3.63, 3.8) is 0 Å². The zero-order chi connectivity index (χ0) is 20.3. The Morgan fingerprint density at radius 1 is 1.21 bits per heavy atom. The Balaban J connectivity index is 1.39. The van der Waals surface area contributed by atoms with Crippen LogP contribution in [-0.2, 0) is 9.47 Å². The smallest absolute Gasteiger partial charge is 0.254 e. The third-order valence-electron chi connectivity index (χ3n) is 5.94. The van der Waals surface area contributed by atoms with Crippen LogP contribution < -0.4 is 4.74 Å². The molecule has 2 saturated carbocycles. The van der Waals surface area contributed by atoms with Gasteiger partial charge >= 0.3 is 0 Å². The minimum Gasteiger partial charge on any atom is -0.491 e. The van der Waals surface area contributed by atoms with E-state index in [4.69, 9.17) is 19.7 Å². The molecule has 1 aromatic rings. The van der Waals surface area contributed by atoms with Gasteiger partial charge in [0.25, 0.3) is 5.91 Å². The number of benzene rings is 1. The van der Waals surface area contributed by atoms with E-state index in [1.807, 2.05) is 19.1 Å². The lowest BCUT2D eigenvalue weighted by atomic mass is 9.88. The van der Waals surface area contributed by atoms with Crippen molar-refractivity contribution >= 4 is 5.91 Å². The Kier molecular flexibility index (Phi) is 5.94. The van der Waals surface area contributed by atoms with Gasteiger partial charge in [-0.1, -0.05) is 5.11 Å². The number of hydrogen-bond donors (Lipinski definition) is 0. The summed E-state index contributed by atoms with van der Waals surface area (Å²) in [5, 5.41) is 3.52. The van der Waals surface area contributed by atoms with Crippen LogP contribution in [0.15, 0.2) is 29.4 Å². The number of rotatable bonds is 7. The van der Waals surface area contributed by atoms with Crippen LogP contribution in [0, 0.1) is 0 Å². The Bertz CT molecular complexity index is 757. The summed E-state index contributed by atoms with van der Waals surface area (Å²) in [5.74, 6) is 0.353. The molecule has 8 nitrogen and oxygen atoms in total. The first-order valence-electron chi connectivity index (χ1n) is 10.5. The normalized spacial score (nSPS) is 22.1. The molecule has 1 unspecified atom stereocenters. The van der Waals surface area contributed by atoms with Crippen LogP contribution in [0.3, 0.4) is 0 Å². The van der Waals surface area contributed by atoms with Crippen LogP contribution >= 0.6 is 0 Å². The van der Waals surface area contributed by atoms with E-state index in [0.29, 0.717) is 30.6 Å². The summed E-state index contributed by atoms with van der Waals surface area (Å²) in [6, 6.07) is 7.85. The summed E-state index contributed by atoms with van der Waals surface area (Å²) in [5.41, 5.74) is 9.08. The SMILES string of the molecule is CC(CN=[N+]=[N-])Oc1ccc(C(=O)N(C2CC2)C2CCC3(CC2)OCCO3)cc1. The van der Waals surface area contributed by atoms with Crippen molar-refractivity contribution in [1.29, 1.82) is 0 Å². The van der Waals surface area contributed by atoms with Crippen molar-refractivity contribution in [2.24, 2.45) is 5.11 Å². The molecule has 1 heterocycles. The second-order valence-corrected chi connectivity index (χ2v) is 8.15. The molecule has 0 N–H and O–H groups in total. The van der Waals surface area contributed by atoms with Crippen molar-refractivity contribution in [1.82, 2.24) is 4.90 Å². The van der Waals surface area contributed by atoms with Gasteiger partial charge in [-0.2, -0.15) is 0 Å². The molecular formula is C21H28N4O4. The standard InChI is InChI=1S/C21H28N4O4/c1-15(14-23-24-22)29-19-6-2-16(3-7-19)20(26)25(17-4-5-17)18-8-10-21(11-9-18)27-12-13-28-21/h2-3,6-7,15,17-18H,4-5,8-14H2,1H3. The fourth-order valence-electron chi connectivity index (χ4n) is 4.33. The van der Waals surface area contributed by atoms with Gasteiger partial charge in [0.05, 0.1) is 19.8 Å². The van der Waals surface area contributed by atoms with Crippen molar-refractivity contribution in [3.05, 3.63) is 40.3 Å². The van der Waals surface area contributed by atoms with Gasteiger partial charge in [-0.15, -0.1) is 0 Å². The predicted octanol–water partition coefficient (Wildman–Crippen LogP) is 4.05. The fraction of sp³-hybridized carbons (Fsp3) is 0.667. The lowest BCUT2D eigenvalue weighted by Gasteiger charge is -2.40. The maximum Gasteiger partial charge on any atom is 0.254 e. The van der Waals surface area contributed by atoms with E-state index in [1.165, 1.54) is 0 Å². The molecule has 1 saturated heterocycles. The first-order valence-corrected chi connectivity index (χ1v) is 10.5. The lowest BCUT2D eigenvalue weighted by Crippen LogP contribution is -2.47. The molecule has 29 heavy (non-hydrogen) atoms. The fourth-order valence-corrected chi connectivity index (χ4v) is 4.33. The number of carbonyl (C=O) groups is 1. The summed E-state index contributed by atoms with van der Waals surface area (Å²) in [6.07, 6.45) is 5.48. The largest absolute Gasteiger partial charge is 0.491 e. The number of amides is 1. The molecule has 1 aliphatic heterocycles. The van der Waals surface area contributed by atoms with E-state index in [1.54, 1.807) is 12.1 Å². The van der Waals surface area contributed by atoms with Crippen molar-refractivity contribution in [2.75, 3.05) is 19.8 Å². The summed E-state index contributed by atoms with van der Waals surface area (Å²) >= 11 is 0. The number of azide groups is 1. The Morgan fingerprint density at radius 2 is 1.83 bits per heavy atom. The molecule has 2 aliphatic carbocycles. The third-order valence-corrected chi connectivity index (χ3v) is 5.94. The zero-order valence-corrected chi connectivity index (χ0v) is 16.8. The highest BCUT2D eigenvalue weighted by atomic mass is 16.7. The summed E-state index contributed by atoms with van der Waals surface area (Å²) in [4.78, 5) is 18.1. The summed E-state index contributed by atoms with van der Waals surface area (Å²) in [6.45, 7) is 3.46. The van der Waals surface area contributed by atoms with E-state index in [-0.39, 0.29) is 24.6 Å². The Labute approximate surface area is 170 Å². The second kappa shape index (κ2) is 8.61. The average Bonchev–Trinajstić information content (AvgIpc) is 3.47. The van der Waals surface area contributed by atoms with Gasteiger partial charge in [0.15, 0.2) is 5.79 Å². The molecule has 8 heteroatoms. The molecule has 0 radical (unpaired) electrons. The molecule has 4 rings (SSSR count). The highest BCUT2D eigenvalue weighted by molar-refractivity contribution is 5.95. The molecule has 0 bridgehead atoms. The Morgan fingerprint density at radius 3 is 2.41 bits per heavy atom.